The smallest absolute Gasteiger partial charge is 0.305 e. The van der Waals surface area contributed by atoms with E-state index in [1.165, 1.54) is 14.0 Å². The maximum absolute atomic E-state index is 13.8. The molecule has 4 aliphatic carbocycles. The summed E-state index contributed by atoms with van der Waals surface area (Å²) in [6.07, 6.45) is 6.30. The summed E-state index contributed by atoms with van der Waals surface area (Å²) in [5.41, 5.74) is -0.536. The molecule has 0 spiro atoms. The highest BCUT2D eigenvalue weighted by Gasteiger charge is 2.66. The van der Waals surface area contributed by atoms with Crippen molar-refractivity contribution in [1.29, 1.82) is 0 Å². The number of hydrogen-bond donors (Lipinski definition) is 0. The van der Waals surface area contributed by atoms with E-state index < -0.39 is 5.41 Å². The Balaban J connectivity index is 1.56. The van der Waals surface area contributed by atoms with Gasteiger partial charge in [-0.2, -0.15) is 0 Å². The Bertz CT molecular complexity index is 834. The van der Waals surface area contributed by atoms with Crippen LogP contribution in [0.15, 0.2) is 0 Å². The molecule has 184 valence electrons. The van der Waals surface area contributed by atoms with Crippen molar-refractivity contribution in [3.63, 3.8) is 0 Å². The maximum atomic E-state index is 13.8. The third-order valence-electron chi connectivity index (χ3n) is 10.4. The quantitative estimate of drug-likeness (QED) is 0.561. The highest BCUT2D eigenvalue weighted by Crippen LogP contribution is 2.66. The standard InChI is InChI=1S/C27H40O6/c1-15(6-9-24(31)32-5)19-7-8-20-25-21(14-23(30)27(19,20)4)26(3)11-10-18(33-16(2)28)12-17(26)13-22(25)29/h15,17-21,25H,6-14H2,1-5H3/t15-,17-,18-,19-,20+,21+,25+,26+,27-/m1/s1. The van der Waals surface area contributed by atoms with E-state index in [9.17, 15) is 19.2 Å². The molecule has 4 fully saturated rings. The van der Waals surface area contributed by atoms with Crippen LogP contribution in [0.2, 0.25) is 0 Å². The van der Waals surface area contributed by atoms with Crippen molar-refractivity contribution >= 4 is 23.5 Å². The fourth-order valence-electron chi connectivity index (χ4n) is 8.55. The van der Waals surface area contributed by atoms with Gasteiger partial charge in [-0.25, -0.2) is 0 Å². The van der Waals surface area contributed by atoms with Crippen LogP contribution in [0.3, 0.4) is 0 Å². The van der Waals surface area contributed by atoms with Gasteiger partial charge in [0.2, 0.25) is 0 Å². The number of carbonyl (C=O) groups is 4. The summed E-state index contributed by atoms with van der Waals surface area (Å²) in [5.74, 6) is 0.945. The molecule has 0 aromatic heterocycles. The number of carbonyl (C=O) groups excluding carboxylic acids is 4. The van der Waals surface area contributed by atoms with E-state index in [0.717, 1.165) is 32.1 Å². The van der Waals surface area contributed by atoms with Gasteiger partial charge in [0.15, 0.2) is 0 Å². The fraction of sp³-hybridized carbons (Fsp3) is 0.852. The van der Waals surface area contributed by atoms with Crippen LogP contribution in [0, 0.1) is 46.3 Å². The summed E-state index contributed by atoms with van der Waals surface area (Å²) < 4.78 is 10.3. The Labute approximate surface area is 197 Å². The van der Waals surface area contributed by atoms with Crippen LogP contribution in [-0.4, -0.2) is 36.7 Å². The van der Waals surface area contributed by atoms with Crippen molar-refractivity contribution in [3.8, 4) is 0 Å². The van der Waals surface area contributed by atoms with Gasteiger partial charge in [-0.15, -0.1) is 0 Å². The van der Waals surface area contributed by atoms with Crippen LogP contribution in [-0.2, 0) is 28.7 Å². The average molecular weight is 461 g/mol. The van der Waals surface area contributed by atoms with Crippen molar-refractivity contribution in [2.24, 2.45) is 46.3 Å². The molecular weight excluding hydrogens is 420 g/mol. The molecule has 0 aliphatic heterocycles. The minimum atomic E-state index is -0.482. The molecule has 0 N–H and O–H groups in total. The molecule has 4 aliphatic rings. The Morgan fingerprint density at radius 1 is 1.09 bits per heavy atom. The van der Waals surface area contributed by atoms with E-state index in [4.69, 9.17) is 9.47 Å². The van der Waals surface area contributed by atoms with Crippen LogP contribution in [0.1, 0.15) is 85.5 Å². The van der Waals surface area contributed by atoms with Gasteiger partial charge in [-0.05, 0) is 73.5 Å². The van der Waals surface area contributed by atoms with Crippen LogP contribution >= 0.6 is 0 Å². The number of Topliss-reactive ketones (excluding diaryl/α,β-unsaturated/α-hetero) is 2. The van der Waals surface area contributed by atoms with Gasteiger partial charge < -0.3 is 9.47 Å². The van der Waals surface area contributed by atoms with E-state index in [-0.39, 0.29) is 59.0 Å². The molecule has 33 heavy (non-hydrogen) atoms. The van der Waals surface area contributed by atoms with Crippen molar-refractivity contribution in [2.45, 2.75) is 91.6 Å². The molecule has 0 saturated heterocycles. The topological polar surface area (TPSA) is 86.7 Å². The van der Waals surface area contributed by atoms with Gasteiger partial charge in [0.05, 0.1) is 7.11 Å². The molecule has 0 heterocycles. The van der Waals surface area contributed by atoms with E-state index in [2.05, 4.69) is 20.8 Å². The lowest BCUT2D eigenvalue weighted by Crippen LogP contribution is -2.60. The SMILES string of the molecule is COC(=O)CC[C@@H](C)[C@H]1CC[C@H]2[C@@H]3C(=O)C[C@H]4C[C@H](OC(C)=O)CC[C@]4(C)[C@H]3CC(=O)[C@]12C. The first-order valence-electron chi connectivity index (χ1n) is 12.8. The van der Waals surface area contributed by atoms with Crippen molar-refractivity contribution < 1.29 is 28.7 Å². The zero-order valence-electron chi connectivity index (χ0n) is 20.9. The molecule has 0 unspecified atom stereocenters. The largest absolute Gasteiger partial charge is 0.469 e. The summed E-state index contributed by atoms with van der Waals surface area (Å²) >= 11 is 0. The number of fused-ring (bicyclic) bond motifs is 5. The summed E-state index contributed by atoms with van der Waals surface area (Å²) in [5, 5.41) is 0. The van der Waals surface area contributed by atoms with E-state index in [1.54, 1.807) is 0 Å². The first-order chi connectivity index (χ1) is 15.5. The van der Waals surface area contributed by atoms with Crippen molar-refractivity contribution in [3.05, 3.63) is 0 Å². The molecule has 0 amide bonds. The first-order valence-corrected chi connectivity index (χ1v) is 12.8. The number of ketones is 2. The Kier molecular flexibility index (Phi) is 6.52. The normalized spacial score (nSPS) is 43.2. The van der Waals surface area contributed by atoms with E-state index in [0.29, 0.717) is 37.2 Å². The number of methoxy groups -OCH3 is 1. The maximum Gasteiger partial charge on any atom is 0.305 e. The molecule has 0 radical (unpaired) electrons. The molecule has 9 atom stereocenters. The monoisotopic (exact) mass is 460 g/mol. The van der Waals surface area contributed by atoms with Gasteiger partial charge >= 0.3 is 11.9 Å². The predicted octanol–water partition coefficient (Wildman–Crippen LogP) is 4.52. The minimum Gasteiger partial charge on any atom is -0.469 e. The number of hydrogen-bond acceptors (Lipinski definition) is 6. The number of esters is 2. The third-order valence-corrected chi connectivity index (χ3v) is 10.4. The van der Waals surface area contributed by atoms with Crippen LogP contribution < -0.4 is 0 Å². The van der Waals surface area contributed by atoms with Crippen molar-refractivity contribution in [1.82, 2.24) is 0 Å². The van der Waals surface area contributed by atoms with Gasteiger partial charge in [0.25, 0.3) is 0 Å². The highest BCUT2D eigenvalue weighted by molar-refractivity contribution is 5.92. The molecular formula is C27H40O6. The Morgan fingerprint density at radius 3 is 2.48 bits per heavy atom. The molecule has 4 saturated carbocycles. The minimum absolute atomic E-state index is 0.0444. The lowest BCUT2D eigenvalue weighted by molar-refractivity contribution is -0.172. The molecule has 6 heteroatoms. The lowest BCUT2D eigenvalue weighted by atomic mass is 9.43. The highest BCUT2D eigenvalue weighted by atomic mass is 16.5. The third kappa shape index (κ3) is 3.95. The van der Waals surface area contributed by atoms with Gasteiger partial charge in [0, 0.05) is 37.5 Å². The average Bonchev–Trinajstić information content (AvgIpc) is 3.11. The lowest BCUT2D eigenvalue weighted by Gasteiger charge is -2.59. The van der Waals surface area contributed by atoms with Crippen LogP contribution in [0.5, 0.6) is 0 Å². The predicted molar refractivity (Wildman–Crippen MR) is 122 cm³/mol. The molecule has 0 bridgehead atoms. The van der Waals surface area contributed by atoms with Crippen molar-refractivity contribution in [2.75, 3.05) is 7.11 Å². The molecule has 6 nitrogen and oxygen atoms in total. The first kappa shape index (κ1) is 24.4. The van der Waals surface area contributed by atoms with Gasteiger partial charge in [-0.3, -0.25) is 19.2 Å². The molecule has 0 aromatic rings. The summed E-state index contributed by atoms with van der Waals surface area (Å²) in [7, 11) is 1.41. The van der Waals surface area contributed by atoms with Gasteiger partial charge in [0.1, 0.15) is 17.7 Å². The second kappa shape index (κ2) is 8.81. The number of rotatable bonds is 5. The zero-order valence-corrected chi connectivity index (χ0v) is 20.9. The van der Waals surface area contributed by atoms with Crippen LogP contribution in [0.25, 0.3) is 0 Å². The second-order valence-corrected chi connectivity index (χ2v) is 11.8. The van der Waals surface area contributed by atoms with E-state index >= 15 is 0 Å². The van der Waals surface area contributed by atoms with Gasteiger partial charge in [-0.1, -0.05) is 20.8 Å². The summed E-state index contributed by atoms with van der Waals surface area (Å²) in [6.45, 7) is 7.99. The molecule has 0 aromatic carbocycles. The molecule has 4 rings (SSSR count). The zero-order chi connectivity index (χ0) is 24.1. The Hall–Kier alpha value is -1.72. The summed E-state index contributed by atoms with van der Waals surface area (Å²) in [4.78, 5) is 50.6. The van der Waals surface area contributed by atoms with E-state index in [1.807, 2.05) is 0 Å². The Morgan fingerprint density at radius 2 is 1.82 bits per heavy atom. The number of ether oxygens (including phenoxy) is 2. The van der Waals surface area contributed by atoms with Crippen LogP contribution in [0.4, 0.5) is 0 Å². The summed E-state index contributed by atoms with van der Waals surface area (Å²) in [6, 6.07) is 0. The second-order valence-electron chi connectivity index (χ2n) is 11.8. The fourth-order valence-corrected chi connectivity index (χ4v) is 8.55.